The van der Waals surface area contributed by atoms with Crippen molar-refractivity contribution >= 4 is 11.6 Å². The van der Waals surface area contributed by atoms with Crippen molar-refractivity contribution in [3.63, 3.8) is 0 Å². The highest BCUT2D eigenvalue weighted by Crippen LogP contribution is 2.48. The molecule has 1 aromatic rings. The van der Waals surface area contributed by atoms with Crippen LogP contribution in [0.4, 0.5) is 10.1 Å². The van der Waals surface area contributed by atoms with Crippen molar-refractivity contribution in [1.29, 1.82) is 0 Å². The lowest BCUT2D eigenvalue weighted by Crippen LogP contribution is -2.40. The molecule has 0 unspecified atom stereocenters. The van der Waals surface area contributed by atoms with Gasteiger partial charge in [0, 0.05) is 30.1 Å². The topological polar surface area (TPSA) is 88.9 Å². The summed E-state index contributed by atoms with van der Waals surface area (Å²) in [7, 11) is 1.51. The molecule has 3 fully saturated rings. The number of nitrogens with two attached hydrogens (primary N) is 1. The lowest BCUT2D eigenvalue weighted by atomic mass is 10.1. The average Bonchev–Trinajstić information content (AvgIpc) is 3.68. The van der Waals surface area contributed by atoms with Gasteiger partial charge in [-0.25, -0.2) is 4.39 Å². The summed E-state index contributed by atoms with van der Waals surface area (Å²) in [6, 6.07) is 3.16. The van der Waals surface area contributed by atoms with Gasteiger partial charge < -0.3 is 25.1 Å². The van der Waals surface area contributed by atoms with Crippen LogP contribution in [0.15, 0.2) is 24.0 Å². The third-order valence-electron chi connectivity index (χ3n) is 5.92. The highest BCUT2D eigenvalue weighted by Gasteiger charge is 2.46. The van der Waals surface area contributed by atoms with Gasteiger partial charge in [-0.2, -0.15) is 0 Å². The van der Waals surface area contributed by atoms with Gasteiger partial charge in [0.1, 0.15) is 11.5 Å². The summed E-state index contributed by atoms with van der Waals surface area (Å²) >= 11 is 0. The van der Waals surface area contributed by atoms with Crippen LogP contribution in [0.3, 0.4) is 0 Å². The van der Waals surface area contributed by atoms with Crippen LogP contribution < -0.4 is 21.5 Å². The Morgan fingerprint density at radius 3 is 2.65 bits per heavy atom. The SMILES string of the molecule is Cc1cc(C#CC2CC2)cc(F)c1N(C)C(=O)/C(=C/NCC1OCC2(CC2)CO1)NN. The lowest BCUT2D eigenvalue weighted by Gasteiger charge is -2.29. The number of benzene rings is 1. The Hall–Kier alpha value is -2.60. The predicted molar refractivity (Wildman–Crippen MR) is 115 cm³/mol. The number of nitrogens with zero attached hydrogens (tertiary/aromatic N) is 1. The molecule has 0 aromatic heterocycles. The molecule has 7 nitrogen and oxygen atoms in total. The molecule has 0 atom stereocenters. The molecule has 4 N–H and O–H groups in total. The number of ether oxygens (including phenoxy) is 2. The van der Waals surface area contributed by atoms with Crippen LogP contribution in [-0.2, 0) is 14.3 Å². The van der Waals surface area contributed by atoms with Gasteiger partial charge in [0.15, 0.2) is 6.29 Å². The third kappa shape index (κ3) is 5.18. The summed E-state index contributed by atoms with van der Waals surface area (Å²) in [5.74, 6) is 11.1. The lowest BCUT2D eigenvalue weighted by molar-refractivity contribution is -0.203. The Morgan fingerprint density at radius 1 is 1.35 bits per heavy atom. The van der Waals surface area contributed by atoms with Crippen LogP contribution in [0.1, 0.15) is 36.8 Å². The number of aryl methyl sites for hydroxylation is 1. The van der Waals surface area contributed by atoms with Crippen molar-refractivity contribution in [2.24, 2.45) is 17.2 Å². The molecule has 1 aromatic carbocycles. The number of rotatable bonds is 6. The second-order valence-corrected chi connectivity index (χ2v) is 8.69. The van der Waals surface area contributed by atoms with Gasteiger partial charge in [0.05, 0.1) is 25.4 Å². The molecular formula is C23H29FN4O3. The van der Waals surface area contributed by atoms with E-state index in [4.69, 9.17) is 15.3 Å². The summed E-state index contributed by atoms with van der Waals surface area (Å²) in [4.78, 5) is 14.1. The second-order valence-electron chi connectivity index (χ2n) is 8.69. The first kappa shape index (κ1) is 21.6. The second kappa shape index (κ2) is 8.87. The van der Waals surface area contributed by atoms with Crippen LogP contribution in [0.25, 0.3) is 0 Å². The summed E-state index contributed by atoms with van der Waals surface area (Å²) < 4.78 is 26.2. The van der Waals surface area contributed by atoms with Gasteiger partial charge in [-0.05, 0) is 50.3 Å². The van der Waals surface area contributed by atoms with Crippen molar-refractivity contribution in [1.82, 2.24) is 10.7 Å². The van der Waals surface area contributed by atoms with Crippen LogP contribution in [0, 0.1) is 35.9 Å². The summed E-state index contributed by atoms with van der Waals surface area (Å²) in [5.41, 5.74) is 4.13. The minimum atomic E-state index is -0.502. The van der Waals surface area contributed by atoms with Crippen LogP contribution in [0.2, 0.25) is 0 Å². The molecule has 1 aliphatic heterocycles. The fraction of sp³-hybridized carbons (Fsp3) is 0.522. The minimum Gasteiger partial charge on any atom is -0.384 e. The van der Waals surface area contributed by atoms with Crippen molar-refractivity contribution in [3.8, 4) is 11.8 Å². The number of anilines is 1. The fourth-order valence-electron chi connectivity index (χ4n) is 3.56. The number of amides is 1. The predicted octanol–water partition coefficient (Wildman–Crippen LogP) is 1.91. The number of nitrogens with one attached hydrogen (secondary N) is 2. The van der Waals surface area contributed by atoms with E-state index < -0.39 is 11.7 Å². The average molecular weight is 429 g/mol. The quantitative estimate of drug-likeness (QED) is 0.278. The van der Waals surface area contributed by atoms with Crippen molar-refractivity contribution < 1.29 is 18.7 Å². The first-order valence-corrected chi connectivity index (χ1v) is 10.6. The Morgan fingerprint density at radius 2 is 2.06 bits per heavy atom. The van der Waals surface area contributed by atoms with E-state index in [1.54, 1.807) is 13.0 Å². The molecule has 3 aliphatic rings. The zero-order chi connectivity index (χ0) is 22.0. The molecule has 1 amide bonds. The number of likely N-dealkylation sites (N-methyl/N-ethyl adjacent to an activating group) is 1. The Bertz CT molecular complexity index is 911. The third-order valence-corrected chi connectivity index (χ3v) is 5.92. The molecule has 1 spiro atoms. The molecule has 4 rings (SSSR count). The molecule has 2 saturated carbocycles. The molecule has 166 valence electrons. The van der Waals surface area contributed by atoms with E-state index in [0.29, 0.717) is 36.8 Å². The van der Waals surface area contributed by atoms with Gasteiger partial charge in [0.2, 0.25) is 0 Å². The number of carbonyl (C=O) groups excluding carboxylic acids is 1. The first-order valence-electron chi connectivity index (χ1n) is 10.6. The summed E-state index contributed by atoms with van der Waals surface area (Å²) in [6.45, 7) is 3.53. The first-order chi connectivity index (χ1) is 14.9. The van der Waals surface area contributed by atoms with Crippen molar-refractivity contribution in [2.75, 3.05) is 31.7 Å². The van der Waals surface area contributed by atoms with E-state index in [0.717, 1.165) is 25.7 Å². The van der Waals surface area contributed by atoms with E-state index in [1.807, 2.05) is 0 Å². The van der Waals surface area contributed by atoms with Gasteiger partial charge in [-0.15, -0.1) is 0 Å². The number of hydrogen-bond donors (Lipinski definition) is 3. The van der Waals surface area contributed by atoms with Crippen molar-refractivity contribution in [2.45, 2.75) is 38.9 Å². The zero-order valence-electron chi connectivity index (χ0n) is 18.0. The molecular weight excluding hydrogens is 399 g/mol. The van der Waals surface area contributed by atoms with Crippen LogP contribution in [0.5, 0.6) is 0 Å². The molecule has 1 saturated heterocycles. The number of halogens is 1. The van der Waals surface area contributed by atoms with Gasteiger partial charge >= 0.3 is 0 Å². The highest BCUT2D eigenvalue weighted by molar-refractivity contribution is 6.05. The van der Waals surface area contributed by atoms with E-state index in [9.17, 15) is 9.18 Å². The largest absolute Gasteiger partial charge is 0.384 e. The Kier molecular flexibility index (Phi) is 6.19. The summed E-state index contributed by atoms with van der Waals surface area (Å²) in [5, 5.41) is 3.00. The van der Waals surface area contributed by atoms with Gasteiger partial charge in [0.25, 0.3) is 5.91 Å². The van der Waals surface area contributed by atoms with Crippen LogP contribution in [-0.4, -0.2) is 39.0 Å². The Labute approximate surface area is 182 Å². The standard InChI is InChI=1S/C23H29FN4O3/c1-15-9-17(6-5-16-3-4-16)10-18(24)21(15)28(2)22(29)19(27-25)11-26-12-20-30-13-23(7-8-23)14-31-20/h9-11,16,20,26-27H,3-4,7-8,12-14,25H2,1-2H3/b19-11-. The van der Waals surface area contributed by atoms with E-state index in [1.165, 1.54) is 24.2 Å². The molecule has 8 heteroatoms. The maximum atomic E-state index is 14.8. The van der Waals surface area contributed by atoms with Gasteiger partial charge in [-0.3, -0.25) is 10.6 Å². The minimum absolute atomic E-state index is 0.0911. The normalized spacial score (nSPS) is 20.1. The number of carbonyl (C=O) groups is 1. The van der Waals surface area contributed by atoms with E-state index in [-0.39, 0.29) is 23.1 Å². The van der Waals surface area contributed by atoms with Crippen molar-refractivity contribution in [3.05, 3.63) is 41.0 Å². The smallest absolute Gasteiger partial charge is 0.277 e. The highest BCUT2D eigenvalue weighted by atomic mass is 19.1. The maximum absolute atomic E-state index is 14.8. The number of hydrazine groups is 1. The van der Waals surface area contributed by atoms with E-state index in [2.05, 4.69) is 22.6 Å². The molecule has 0 bridgehead atoms. The van der Waals surface area contributed by atoms with Gasteiger partial charge in [-0.1, -0.05) is 11.8 Å². The number of hydrogen-bond acceptors (Lipinski definition) is 6. The molecule has 2 aliphatic carbocycles. The monoisotopic (exact) mass is 428 g/mol. The molecule has 1 heterocycles. The van der Waals surface area contributed by atoms with E-state index >= 15 is 0 Å². The zero-order valence-corrected chi connectivity index (χ0v) is 18.0. The Balaban J connectivity index is 1.38. The summed E-state index contributed by atoms with van der Waals surface area (Å²) in [6.07, 6.45) is 5.60. The fourth-order valence-corrected chi connectivity index (χ4v) is 3.56. The van der Waals surface area contributed by atoms with Crippen LogP contribution >= 0.6 is 0 Å². The molecule has 31 heavy (non-hydrogen) atoms. The molecule has 0 radical (unpaired) electrons. The maximum Gasteiger partial charge on any atom is 0.277 e.